The van der Waals surface area contributed by atoms with Gasteiger partial charge in [-0.15, -0.1) is 0 Å². The first kappa shape index (κ1) is 22.3. The van der Waals surface area contributed by atoms with Gasteiger partial charge in [-0.05, 0) is 42.5 Å². The highest BCUT2D eigenvalue weighted by atomic mass is 19.1. The largest absolute Gasteiger partial charge is 0.330 e. The molecule has 1 saturated heterocycles. The highest BCUT2D eigenvalue weighted by Crippen LogP contribution is 2.54. The Bertz CT molecular complexity index is 1260. The number of allylic oxidation sites excluding steroid dienone is 1. The second-order valence-corrected chi connectivity index (χ2v) is 9.64. The lowest BCUT2D eigenvalue weighted by Crippen LogP contribution is -2.34. The summed E-state index contributed by atoms with van der Waals surface area (Å²) in [6, 6.07) is 22.0. The van der Waals surface area contributed by atoms with Crippen molar-refractivity contribution in [3.8, 4) is 11.1 Å². The van der Waals surface area contributed by atoms with E-state index in [4.69, 9.17) is 0 Å². The van der Waals surface area contributed by atoms with E-state index in [0.29, 0.717) is 17.7 Å². The number of halogens is 1. The van der Waals surface area contributed by atoms with Gasteiger partial charge in [0.15, 0.2) is 5.78 Å². The van der Waals surface area contributed by atoms with Crippen LogP contribution in [-0.2, 0) is 11.3 Å². The normalized spacial score (nSPS) is 23.7. The molecule has 0 aromatic heterocycles. The number of benzene rings is 3. The second-order valence-electron chi connectivity index (χ2n) is 9.64. The highest BCUT2D eigenvalue weighted by molar-refractivity contribution is 5.94. The summed E-state index contributed by atoms with van der Waals surface area (Å²) in [7, 11) is 0. The predicted molar refractivity (Wildman–Crippen MR) is 132 cm³/mol. The van der Waals surface area contributed by atoms with Crippen LogP contribution >= 0.6 is 0 Å². The maximum Gasteiger partial charge on any atom is 0.230 e. The molecule has 0 radical (unpaired) electrons. The maximum atomic E-state index is 15.7. The highest BCUT2D eigenvalue weighted by Gasteiger charge is 2.56. The SMILES string of the molecule is CC(=O)c1ccc(-c2ccc(C3C4C=CCC[C@@]4(C)C(=O)N3Cc3ccccc3)c(F)c2)cc1. The standard InChI is InChI=1S/C30H28FNO2/c1-20(33)22-11-13-23(14-12-22)24-15-16-25(27(31)18-24)28-26-10-6-7-17-30(26,2)29(34)32(28)19-21-8-4-3-5-9-21/h3-6,8-16,18,26,28H,7,17,19H2,1-2H3/t26?,28?,30-/m1/s1. The van der Waals surface area contributed by atoms with E-state index < -0.39 is 5.41 Å². The van der Waals surface area contributed by atoms with Gasteiger partial charge in [-0.1, -0.05) is 85.8 Å². The molecule has 4 heteroatoms. The fourth-order valence-electron chi connectivity index (χ4n) is 5.51. The fourth-order valence-corrected chi connectivity index (χ4v) is 5.51. The molecule has 2 unspecified atom stereocenters. The number of Topliss-reactive ketones (excluding diaryl/α,β-unsaturated/α-hetero) is 1. The lowest BCUT2D eigenvalue weighted by atomic mass is 9.69. The average molecular weight is 454 g/mol. The molecule has 172 valence electrons. The lowest BCUT2D eigenvalue weighted by Gasteiger charge is -2.32. The van der Waals surface area contributed by atoms with Crippen molar-refractivity contribution in [2.24, 2.45) is 11.3 Å². The minimum Gasteiger partial charge on any atom is -0.330 e. The minimum atomic E-state index is -0.526. The quantitative estimate of drug-likeness (QED) is 0.316. The van der Waals surface area contributed by atoms with E-state index in [1.54, 1.807) is 18.2 Å². The number of carbonyl (C=O) groups is 2. The predicted octanol–water partition coefficient (Wildman–Crippen LogP) is 6.75. The van der Waals surface area contributed by atoms with Gasteiger partial charge in [0.05, 0.1) is 11.5 Å². The summed E-state index contributed by atoms with van der Waals surface area (Å²) in [4.78, 5) is 27.1. The molecule has 5 rings (SSSR count). The summed E-state index contributed by atoms with van der Waals surface area (Å²) in [6.45, 7) is 4.02. The summed E-state index contributed by atoms with van der Waals surface area (Å²) in [5.74, 6) is -0.292. The molecular weight excluding hydrogens is 425 g/mol. The van der Waals surface area contributed by atoms with E-state index in [1.807, 2.05) is 66.4 Å². The Labute approximate surface area is 199 Å². The van der Waals surface area contributed by atoms with Gasteiger partial charge in [0.1, 0.15) is 5.82 Å². The summed E-state index contributed by atoms with van der Waals surface area (Å²) in [6.07, 6.45) is 5.88. The van der Waals surface area contributed by atoms with Crippen LogP contribution in [0.5, 0.6) is 0 Å². The molecule has 3 aromatic carbocycles. The van der Waals surface area contributed by atoms with E-state index in [0.717, 1.165) is 29.5 Å². The van der Waals surface area contributed by atoms with Gasteiger partial charge in [0.25, 0.3) is 0 Å². The van der Waals surface area contributed by atoms with Gasteiger partial charge in [-0.3, -0.25) is 9.59 Å². The molecule has 3 nitrogen and oxygen atoms in total. The van der Waals surface area contributed by atoms with Gasteiger partial charge in [-0.25, -0.2) is 4.39 Å². The van der Waals surface area contributed by atoms with Crippen LogP contribution in [0.15, 0.2) is 84.9 Å². The van der Waals surface area contributed by atoms with Crippen molar-refractivity contribution in [1.29, 1.82) is 0 Å². The van der Waals surface area contributed by atoms with Crippen LogP contribution in [0.25, 0.3) is 11.1 Å². The topological polar surface area (TPSA) is 37.4 Å². The van der Waals surface area contributed by atoms with Gasteiger partial charge < -0.3 is 4.90 Å². The fraction of sp³-hybridized carbons (Fsp3) is 0.267. The van der Waals surface area contributed by atoms with E-state index in [1.165, 1.54) is 6.92 Å². The molecule has 3 atom stereocenters. The summed E-state index contributed by atoms with van der Waals surface area (Å²) in [5, 5.41) is 0. The number of likely N-dealkylation sites (tertiary alicyclic amines) is 1. The summed E-state index contributed by atoms with van der Waals surface area (Å²) < 4.78 is 15.7. The van der Waals surface area contributed by atoms with E-state index in [9.17, 15) is 9.59 Å². The number of amides is 1. The maximum absolute atomic E-state index is 15.7. The molecule has 1 fully saturated rings. The van der Waals surface area contributed by atoms with Crippen LogP contribution in [0.1, 0.15) is 54.2 Å². The van der Waals surface area contributed by atoms with Crippen LogP contribution < -0.4 is 0 Å². The van der Waals surface area contributed by atoms with Crippen molar-refractivity contribution in [3.05, 3.63) is 107 Å². The van der Waals surface area contributed by atoms with Crippen molar-refractivity contribution in [3.63, 3.8) is 0 Å². The lowest BCUT2D eigenvalue weighted by molar-refractivity contribution is -0.137. The Hall–Kier alpha value is -3.53. The van der Waals surface area contributed by atoms with E-state index >= 15 is 4.39 Å². The number of nitrogens with zero attached hydrogens (tertiary/aromatic N) is 1. The van der Waals surface area contributed by atoms with Crippen molar-refractivity contribution >= 4 is 11.7 Å². The number of rotatable bonds is 5. The molecule has 0 spiro atoms. The number of fused-ring (bicyclic) bond motifs is 1. The molecule has 1 heterocycles. The summed E-state index contributed by atoms with van der Waals surface area (Å²) >= 11 is 0. The van der Waals surface area contributed by atoms with Crippen molar-refractivity contribution < 1.29 is 14.0 Å². The molecule has 0 saturated carbocycles. The van der Waals surface area contributed by atoms with E-state index in [2.05, 4.69) is 12.2 Å². The Kier molecular flexibility index (Phi) is 5.68. The van der Waals surface area contributed by atoms with Crippen molar-refractivity contribution in [2.45, 2.75) is 39.3 Å². The molecule has 34 heavy (non-hydrogen) atoms. The van der Waals surface area contributed by atoms with Crippen LogP contribution in [0.4, 0.5) is 4.39 Å². The van der Waals surface area contributed by atoms with Crippen LogP contribution in [0.3, 0.4) is 0 Å². The molecule has 2 aliphatic rings. The van der Waals surface area contributed by atoms with Gasteiger partial charge in [-0.2, -0.15) is 0 Å². The van der Waals surface area contributed by atoms with Gasteiger partial charge in [0.2, 0.25) is 5.91 Å². The van der Waals surface area contributed by atoms with Crippen LogP contribution in [0, 0.1) is 17.2 Å². The first-order valence-electron chi connectivity index (χ1n) is 11.8. The zero-order valence-electron chi connectivity index (χ0n) is 19.5. The smallest absolute Gasteiger partial charge is 0.230 e. The molecule has 1 aliphatic heterocycles. The third-order valence-electron chi connectivity index (χ3n) is 7.47. The monoisotopic (exact) mass is 453 g/mol. The molecule has 3 aromatic rings. The zero-order valence-corrected chi connectivity index (χ0v) is 19.5. The van der Waals surface area contributed by atoms with Gasteiger partial charge in [0, 0.05) is 23.6 Å². The molecule has 0 N–H and O–H groups in total. The Morgan fingerprint density at radius 3 is 2.41 bits per heavy atom. The molecular formula is C30H28FNO2. The Morgan fingerprint density at radius 1 is 1.03 bits per heavy atom. The third kappa shape index (κ3) is 3.77. The average Bonchev–Trinajstić information content (AvgIpc) is 3.06. The first-order chi connectivity index (χ1) is 16.4. The Balaban J connectivity index is 1.54. The van der Waals surface area contributed by atoms with Crippen molar-refractivity contribution in [2.75, 3.05) is 0 Å². The summed E-state index contributed by atoms with van der Waals surface area (Å²) in [5.41, 5.74) is 3.29. The second kappa shape index (κ2) is 8.68. The molecule has 1 aliphatic carbocycles. The number of hydrogen-bond acceptors (Lipinski definition) is 2. The Morgan fingerprint density at radius 2 is 1.74 bits per heavy atom. The van der Waals surface area contributed by atoms with Gasteiger partial charge >= 0.3 is 0 Å². The molecule has 1 amide bonds. The van der Waals surface area contributed by atoms with Crippen LogP contribution in [0.2, 0.25) is 0 Å². The third-order valence-corrected chi connectivity index (χ3v) is 7.47. The molecule has 0 bridgehead atoms. The van der Waals surface area contributed by atoms with Crippen LogP contribution in [-0.4, -0.2) is 16.6 Å². The number of carbonyl (C=O) groups excluding carboxylic acids is 2. The van der Waals surface area contributed by atoms with Crippen molar-refractivity contribution in [1.82, 2.24) is 4.90 Å². The minimum absolute atomic E-state index is 0.000993. The number of ketones is 1. The first-order valence-corrected chi connectivity index (χ1v) is 11.8. The zero-order chi connectivity index (χ0) is 23.9. The number of hydrogen-bond donors (Lipinski definition) is 0. The van der Waals surface area contributed by atoms with E-state index in [-0.39, 0.29) is 29.5 Å².